The molecule has 1 rings (SSSR count). The molecule has 0 bridgehead atoms. The van der Waals surface area contributed by atoms with Crippen LogP contribution in [0, 0.1) is 0 Å². The predicted octanol–water partition coefficient (Wildman–Crippen LogP) is 1.99. The van der Waals surface area contributed by atoms with Gasteiger partial charge in [0, 0.05) is 26.0 Å². The van der Waals surface area contributed by atoms with E-state index < -0.39 is 0 Å². The molecule has 84 valence electrons. The molecule has 1 heterocycles. The quantitative estimate of drug-likeness (QED) is 0.726. The molecule has 15 heavy (non-hydrogen) atoms. The fourth-order valence-corrected chi connectivity index (χ4v) is 1.22. The molecule has 0 saturated carbocycles. The van der Waals surface area contributed by atoms with Crippen molar-refractivity contribution in [2.45, 2.75) is 32.4 Å². The summed E-state index contributed by atoms with van der Waals surface area (Å²) >= 11 is 0. The third kappa shape index (κ3) is 4.91. The molecule has 1 aromatic heterocycles. The van der Waals surface area contributed by atoms with E-state index in [1.54, 1.807) is 7.11 Å². The van der Waals surface area contributed by atoms with Crippen LogP contribution in [0.1, 0.15) is 25.8 Å². The van der Waals surface area contributed by atoms with Crippen molar-refractivity contribution in [3.63, 3.8) is 0 Å². The van der Waals surface area contributed by atoms with E-state index in [0.29, 0.717) is 0 Å². The second-order valence-corrected chi connectivity index (χ2v) is 4.25. The minimum atomic E-state index is -0.0365. The van der Waals surface area contributed by atoms with Crippen LogP contribution in [0.5, 0.6) is 0 Å². The van der Waals surface area contributed by atoms with Crippen molar-refractivity contribution in [3.05, 3.63) is 30.1 Å². The number of aromatic nitrogens is 1. The highest BCUT2D eigenvalue weighted by Gasteiger charge is 2.14. The van der Waals surface area contributed by atoms with Crippen molar-refractivity contribution in [1.82, 2.24) is 10.3 Å². The van der Waals surface area contributed by atoms with E-state index in [1.165, 1.54) is 5.56 Å². The molecule has 0 unspecified atom stereocenters. The fraction of sp³-hybridized carbons (Fsp3) is 0.583. The Kier molecular flexibility index (Phi) is 4.72. The number of ether oxygens (including phenoxy) is 1. The largest absolute Gasteiger partial charge is 0.379 e. The zero-order valence-corrected chi connectivity index (χ0v) is 9.79. The van der Waals surface area contributed by atoms with E-state index in [-0.39, 0.29) is 5.60 Å². The molecule has 0 saturated heterocycles. The van der Waals surface area contributed by atoms with E-state index in [4.69, 9.17) is 4.74 Å². The van der Waals surface area contributed by atoms with Crippen molar-refractivity contribution in [2.24, 2.45) is 0 Å². The van der Waals surface area contributed by atoms with Gasteiger partial charge < -0.3 is 10.1 Å². The molecular formula is C12H20N2O. The average molecular weight is 208 g/mol. The maximum atomic E-state index is 5.34. The summed E-state index contributed by atoms with van der Waals surface area (Å²) in [6.45, 7) is 6.05. The molecule has 0 aliphatic carbocycles. The number of rotatable bonds is 6. The Balaban J connectivity index is 2.18. The third-order valence-electron chi connectivity index (χ3n) is 2.53. The predicted molar refractivity (Wildman–Crippen MR) is 61.6 cm³/mol. The van der Waals surface area contributed by atoms with E-state index in [1.807, 2.05) is 24.5 Å². The van der Waals surface area contributed by atoms with E-state index in [0.717, 1.165) is 19.5 Å². The van der Waals surface area contributed by atoms with E-state index in [2.05, 4.69) is 24.1 Å². The smallest absolute Gasteiger partial charge is 0.0634 e. The lowest BCUT2D eigenvalue weighted by molar-refractivity contribution is 0.0158. The van der Waals surface area contributed by atoms with Gasteiger partial charge in [0.2, 0.25) is 0 Å². The summed E-state index contributed by atoms with van der Waals surface area (Å²) in [5.41, 5.74) is 1.23. The molecular weight excluding hydrogens is 188 g/mol. The van der Waals surface area contributed by atoms with Crippen LogP contribution in [0.15, 0.2) is 24.5 Å². The van der Waals surface area contributed by atoms with Gasteiger partial charge in [-0.2, -0.15) is 0 Å². The van der Waals surface area contributed by atoms with Crippen molar-refractivity contribution >= 4 is 0 Å². The van der Waals surface area contributed by atoms with Gasteiger partial charge >= 0.3 is 0 Å². The van der Waals surface area contributed by atoms with Crippen molar-refractivity contribution in [2.75, 3.05) is 13.7 Å². The summed E-state index contributed by atoms with van der Waals surface area (Å²) in [7, 11) is 1.75. The lowest BCUT2D eigenvalue weighted by atomic mass is 10.1. The lowest BCUT2D eigenvalue weighted by Crippen LogP contribution is -2.28. The van der Waals surface area contributed by atoms with Crippen LogP contribution in [-0.4, -0.2) is 24.2 Å². The summed E-state index contributed by atoms with van der Waals surface area (Å²) in [6, 6.07) is 4.04. The first-order valence-corrected chi connectivity index (χ1v) is 5.29. The summed E-state index contributed by atoms with van der Waals surface area (Å²) in [5.74, 6) is 0. The standard InChI is InChI=1S/C12H20N2O/c1-12(2,15-3)6-9-14-10-11-4-7-13-8-5-11/h4-5,7-8,14H,6,9-10H2,1-3H3. The molecule has 0 aliphatic rings. The molecule has 0 amide bonds. The first-order valence-electron chi connectivity index (χ1n) is 5.29. The summed E-state index contributed by atoms with van der Waals surface area (Å²) in [4.78, 5) is 3.98. The van der Waals surface area contributed by atoms with Crippen LogP contribution >= 0.6 is 0 Å². The first kappa shape index (κ1) is 12.1. The number of methoxy groups -OCH3 is 1. The molecule has 0 radical (unpaired) electrons. The first-order chi connectivity index (χ1) is 7.14. The fourth-order valence-electron chi connectivity index (χ4n) is 1.22. The van der Waals surface area contributed by atoms with Crippen LogP contribution < -0.4 is 5.32 Å². The lowest BCUT2D eigenvalue weighted by Gasteiger charge is -2.22. The van der Waals surface area contributed by atoms with Crippen molar-refractivity contribution in [3.8, 4) is 0 Å². The van der Waals surface area contributed by atoms with Crippen LogP contribution in [-0.2, 0) is 11.3 Å². The Morgan fingerprint density at radius 2 is 2.00 bits per heavy atom. The molecule has 0 spiro atoms. The monoisotopic (exact) mass is 208 g/mol. The van der Waals surface area contributed by atoms with Gasteiger partial charge in [0.1, 0.15) is 0 Å². The second-order valence-electron chi connectivity index (χ2n) is 4.25. The van der Waals surface area contributed by atoms with Gasteiger partial charge in [-0.1, -0.05) is 0 Å². The molecule has 3 nitrogen and oxygen atoms in total. The number of nitrogens with zero attached hydrogens (tertiary/aromatic N) is 1. The molecule has 3 heteroatoms. The minimum absolute atomic E-state index is 0.0365. The highest BCUT2D eigenvalue weighted by atomic mass is 16.5. The van der Waals surface area contributed by atoms with E-state index in [9.17, 15) is 0 Å². The average Bonchev–Trinajstić information content (AvgIpc) is 2.26. The number of hydrogen-bond acceptors (Lipinski definition) is 3. The summed E-state index contributed by atoms with van der Waals surface area (Å²) in [5, 5.41) is 3.38. The van der Waals surface area contributed by atoms with Crippen molar-refractivity contribution in [1.29, 1.82) is 0 Å². The molecule has 0 aliphatic heterocycles. The van der Waals surface area contributed by atoms with Crippen LogP contribution in [0.25, 0.3) is 0 Å². The molecule has 1 aromatic rings. The van der Waals surface area contributed by atoms with E-state index >= 15 is 0 Å². The van der Waals surface area contributed by atoms with Gasteiger partial charge in [0.15, 0.2) is 0 Å². The van der Waals surface area contributed by atoms with Gasteiger partial charge in [0.25, 0.3) is 0 Å². The molecule has 0 aromatic carbocycles. The molecule has 0 atom stereocenters. The number of hydrogen-bond donors (Lipinski definition) is 1. The van der Waals surface area contributed by atoms with Crippen LogP contribution in [0.2, 0.25) is 0 Å². The SMILES string of the molecule is COC(C)(C)CCNCc1ccncc1. The topological polar surface area (TPSA) is 34.1 Å². The van der Waals surface area contributed by atoms with Gasteiger partial charge in [-0.25, -0.2) is 0 Å². The summed E-state index contributed by atoms with van der Waals surface area (Å²) in [6.07, 6.45) is 4.64. The van der Waals surface area contributed by atoms with Gasteiger partial charge in [-0.15, -0.1) is 0 Å². The normalized spacial score (nSPS) is 11.7. The van der Waals surface area contributed by atoms with Crippen LogP contribution in [0.3, 0.4) is 0 Å². The number of pyridine rings is 1. The van der Waals surface area contributed by atoms with Gasteiger partial charge in [-0.05, 0) is 44.5 Å². The Morgan fingerprint density at radius 1 is 1.33 bits per heavy atom. The third-order valence-corrected chi connectivity index (χ3v) is 2.53. The maximum Gasteiger partial charge on any atom is 0.0634 e. The summed E-state index contributed by atoms with van der Waals surface area (Å²) < 4.78 is 5.34. The number of nitrogens with one attached hydrogen (secondary N) is 1. The highest BCUT2D eigenvalue weighted by molar-refractivity contribution is 5.08. The Bertz CT molecular complexity index is 272. The molecule has 0 fully saturated rings. The van der Waals surface area contributed by atoms with Crippen LogP contribution in [0.4, 0.5) is 0 Å². The Labute approximate surface area is 91.9 Å². The zero-order valence-electron chi connectivity index (χ0n) is 9.79. The highest BCUT2D eigenvalue weighted by Crippen LogP contribution is 2.11. The second kappa shape index (κ2) is 5.83. The molecule has 1 N–H and O–H groups in total. The maximum absolute atomic E-state index is 5.34. The van der Waals surface area contributed by atoms with Crippen molar-refractivity contribution < 1.29 is 4.74 Å². The zero-order chi connectivity index (χ0) is 11.1. The Morgan fingerprint density at radius 3 is 2.60 bits per heavy atom. The van der Waals surface area contributed by atoms with Gasteiger partial charge in [0.05, 0.1) is 5.60 Å². The Hall–Kier alpha value is -0.930. The minimum Gasteiger partial charge on any atom is -0.379 e. The van der Waals surface area contributed by atoms with Gasteiger partial charge in [-0.3, -0.25) is 4.98 Å².